The molecular formula is C20H11ClF3N3. The second-order valence-corrected chi connectivity index (χ2v) is 6.74. The number of halogens is 4. The average Bonchev–Trinajstić information content (AvgIpc) is 3.02. The highest BCUT2D eigenvalue weighted by Gasteiger charge is 2.31. The summed E-state index contributed by atoms with van der Waals surface area (Å²) in [6.07, 6.45) is 3.14. The Labute approximate surface area is 156 Å². The van der Waals surface area contributed by atoms with E-state index >= 15 is 0 Å². The molecule has 0 amide bonds. The van der Waals surface area contributed by atoms with Crippen molar-refractivity contribution in [1.82, 2.24) is 9.97 Å². The quantitative estimate of drug-likeness (QED) is 0.405. The minimum atomic E-state index is -1.22. The summed E-state index contributed by atoms with van der Waals surface area (Å²) in [4.78, 5) is 7.28. The van der Waals surface area contributed by atoms with Crippen molar-refractivity contribution in [3.63, 3.8) is 0 Å². The van der Waals surface area contributed by atoms with E-state index in [1.165, 1.54) is 6.20 Å². The number of rotatable bonds is 1. The molecule has 0 saturated heterocycles. The van der Waals surface area contributed by atoms with Gasteiger partial charge in [0.05, 0.1) is 16.6 Å². The highest BCUT2D eigenvalue weighted by atomic mass is 35.5. The van der Waals surface area contributed by atoms with Crippen LogP contribution in [0.25, 0.3) is 22.2 Å². The number of fused-ring (bicyclic) bond motifs is 2. The number of anilines is 1. The fourth-order valence-corrected chi connectivity index (χ4v) is 3.93. The number of hydrogen-bond donors (Lipinski definition) is 2. The van der Waals surface area contributed by atoms with Crippen LogP contribution in [0.4, 0.5) is 18.9 Å². The third kappa shape index (κ3) is 2.26. The smallest absolute Gasteiger partial charge is 0.167 e. The zero-order chi connectivity index (χ0) is 18.7. The molecule has 1 aliphatic rings. The van der Waals surface area contributed by atoms with Gasteiger partial charge in [-0.15, -0.1) is 0 Å². The van der Waals surface area contributed by atoms with Gasteiger partial charge in [0.15, 0.2) is 11.6 Å². The summed E-state index contributed by atoms with van der Waals surface area (Å²) >= 11 is 6.44. The molecule has 1 aliphatic heterocycles. The Balaban J connectivity index is 1.91. The van der Waals surface area contributed by atoms with E-state index in [1.54, 1.807) is 18.3 Å². The van der Waals surface area contributed by atoms with Crippen molar-refractivity contribution < 1.29 is 13.2 Å². The predicted molar refractivity (Wildman–Crippen MR) is 98.3 cm³/mol. The molecule has 0 spiro atoms. The summed E-state index contributed by atoms with van der Waals surface area (Å²) in [7, 11) is 0. The molecule has 0 saturated carbocycles. The molecule has 134 valence electrons. The Morgan fingerprint density at radius 3 is 2.63 bits per heavy atom. The highest BCUT2D eigenvalue weighted by molar-refractivity contribution is 6.35. The van der Waals surface area contributed by atoms with Crippen LogP contribution in [0.2, 0.25) is 5.02 Å². The van der Waals surface area contributed by atoms with E-state index in [4.69, 9.17) is 11.6 Å². The highest BCUT2D eigenvalue weighted by Crippen LogP contribution is 2.46. The van der Waals surface area contributed by atoms with E-state index in [0.29, 0.717) is 32.9 Å². The van der Waals surface area contributed by atoms with Crippen molar-refractivity contribution in [2.45, 2.75) is 6.04 Å². The van der Waals surface area contributed by atoms with Crippen LogP contribution in [0, 0.1) is 17.5 Å². The lowest BCUT2D eigenvalue weighted by Crippen LogP contribution is -2.16. The van der Waals surface area contributed by atoms with Gasteiger partial charge >= 0.3 is 0 Å². The maximum atomic E-state index is 14.6. The van der Waals surface area contributed by atoms with Gasteiger partial charge in [-0.05, 0) is 18.2 Å². The van der Waals surface area contributed by atoms with Gasteiger partial charge in [-0.3, -0.25) is 0 Å². The normalized spacial score (nSPS) is 15.3. The molecule has 0 bridgehead atoms. The number of nitrogens with one attached hydrogen (secondary N) is 2. The van der Waals surface area contributed by atoms with Crippen LogP contribution in [0.15, 0.2) is 48.8 Å². The Morgan fingerprint density at radius 1 is 1.00 bits per heavy atom. The molecule has 0 fully saturated rings. The zero-order valence-electron chi connectivity index (χ0n) is 13.7. The molecule has 2 aromatic heterocycles. The van der Waals surface area contributed by atoms with Crippen LogP contribution >= 0.6 is 11.6 Å². The topological polar surface area (TPSA) is 40.7 Å². The molecule has 2 N–H and O–H groups in total. The number of H-pyrrole nitrogens is 1. The van der Waals surface area contributed by atoms with E-state index in [9.17, 15) is 13.2 Å². The van der Waals surface area contributed by atoms with Gasteiger partial charge in [-0.25, -0.2) is 18.2 Å². The molecule has 1 unspecified atom stereocenters. The van der Waals surface area contributed by atoms with Gasteiger partial charge in [-0.2, -0.15) is 0 Å². The zero-order valence-corrected chi connectivity index (χ0v) is 14.4. The minimum absolute atomic E-state index is 0.390. The van der Waals surface area contributed by atoms with E-state index in [-0.39, 0.29) is 0 Å². The summed E-state index contributed by atoms with van der Waals surface area (Å²) in [5, 5.41) is 4.21. The molecule has 2 aromatic carbocycles. The summed E-state index contributed by atoms with van der Waals surface area (Å²) in [5.74, 6) is -3.17. The first-order valence-corrected chi connectivity index (χ1v) is 8.59. The van der Waals surface area contributed by atoms with Gasteiger partial charge in [0.2, 0.25) is 0 Å². The average molecular weight is 386 g/mol. The standard InChI is InChI=1S/C20H11ClF3N3/c21-11-8-26-20-16-10(7-25-20)19(17-12(22)5-6-13(23)18(17)24)27-14-4-2-1-3-9(14)15(11)16/h1-8,19,27H,(H,25,26). The molecule has 7 heteroatoms. The van der Waals surface area contributed by atoms with Crippen LogP contribution in [-0.2, 0) is 0 Å². The molecule has 0 aliphatic carbocycles. The summed E-state index contributed by atoms with van der Waals surface area (Å²) in [6, 6.07) is 8.03. The lowest BCUT2D eigenvalue weighted by Gasteiger charge is -2.20. The molecule has 0 radical (unpaired) electrons. The Kier molecular flexibility index (Phi) is 3.45. The fourth-order valence-electron chi connectivity index (χ4n) is 3.68. The van der Waals surface area contributed by atoms with Gasteiger partial charge in [0, 0.05) is 40.2 Å². The summed E-state index contributed by atoms with van der Waals surface area (Å²) < 4.78 is 43.0. The van der Waals surface area contributed by atoms with E-state index < -0.39 is 29.1 Å². The molecule has 4 aromatic rings. The van der Waals surface area contributed by atoms with Crippen LogP contribution in [-0.4, -0.2) is 9.97 Å². The van der Waals surface area contributed by atoms with Gasteiger partial charge in [0.1, 0.15) is 11.5 Å². The van der Waals surface area contributed by atoms with E-state index in [2.05, 4.69) is 15.3 Å². The first kappa shape index (κ1) is 16.2. The second-order valence-electron chi connectivity index (χ2n) is 6.33. The first-order valence-electron chi connectivity index (χ1n) is 8.21. The number of benzene rings is 2. The van der Waals surface area contributed by atoms with Crippen molar-refractivity contribution in [2.24, 2.45) is 0 Å². The predicted octanol–water partition coefficient (Wildman–Crippen LogP) is 5.82. The maximum absolute atomic E-state index is 14.6. The Morgan fingerprint density at radius 2 is 1.78 bits per heavy atom. The Hall–Kier alpha value is -2.99. The monoisotopic (exact) mass is 385 g/mol. The number of aromatic amines is 1. The second kappa shape index (κ2) is 5.76. The van der Waals surface area contributed by atoms with Crippen molar-refractivity contribution in [2.75, 3.05) is 5.32 Å². The SMILES string of the molecule is Fc1ccc(F)c(C2Nc3ccccc3-c3c(Cl)cnc4[nH]cc2c34)c1F. The van der Waals surface area contributed by atoms with Crippen LogP contribution in [0.1, 0.15) is 17.2 Å². The molecular weight excluding hydrogens is 375 g/mol. The van der Waals surface area contributed by atoms with Gasteiger partial charge < -0.3 is 10.3 Å². The van der Waals surface area contributed by atoms with Crippen molar-refractivity contribution >= 4 is 28.3 Å². The molecule has 3 nitrogen and oxygen atoms in total. The summed E-state index contributed by atoms with van der Waals surface area (Å²) in [6.45, 7) is 0. The van der Waals surface area contributed by atoms with Crippen molar-refractivity contribution in [1.29, 1.82) is 0 Å². The number of aromatic nitrogens is 2. The molecule has 1 atom stereocenters. The number of nitrogens with zero attached hydrogens (tertiary/aromatic N) is 1. The van der Waals surface area contributed by atoms with Crippen LogP contribution in [0.5, 0.6) is 0 Å². The summed E-state index contributed by atoms with van der Waals surface area (Å²) in [5.41, 5.74) is 2.80. The minimum Gasteiger partial charge on any atom is -0.373 e. The van der Waals surface area contributed by atoms with Crippen LogP contribution < -0.4 is 5.32 Å². The van der Waals surface area contributed by atoms with Gasteiger partial charge in [-0.1, -0.05) is 29.8 Å². The van der Waals surface area contributed by atoms with E-state index in [0.717, 1.165) is 17.7 Å². The molecule has 5 rings (SSSR count). The Bertz CT molecular complexity index is 1220. The van der Waals surface area contributed by atoms with Gasteiger partial charge in [0.25, 0.3) is 0 Å². The third-order valence-corrected chi connectivity index (χ3v) is 5.15. The third-order valence-electron chi connectivity index (χ3n) is 4.86. The van der Waals surface area contributed by atoms with Crippen LogP contribution in [0.3, 0.4) is 0 Å². The number of hydrogen-bond acceptors (Lipinski definition) is 2. The van der Waals surface area contributed by atoms with Crippen molar-refractivity contribution in [3.05, 3.63) is 82.4 Å². The molecule has 27 heavy (non-hydrogen) atoms. The van der Waals surface area contributed by atoms with E-state index in [1.807, 2.05) is 12.1 Å². The lowest BCUT2D eigenvalue weighted by atomic mass is 9.96. The van der Waals surface area contributed by atoms with Crippen molar-refractivity contribution in [3.8, 4) is 11.1 Å². The number of pyridine rings is 1. The largest absolute Gasteiger partial charge is 0.373 e. The lowest BCUT2D eigenvalue weighted by molar-refractivity contribution is 0.476. The fraction of sp³-hybridized carbons (Fsp3) is 0.0500. The maximum Gasteiger partial charge on any atom is 0.167 e. The number of para-hydroxylation sites is 1. The molecule has 3 heterocycles. The first-order chi connectivity index (χ1) is 13.1.